The summed E-state index contributed by atoms with van der Waals surface area (Å²) in [6.45, 7) is 2.04. The highest BCUT2D eigenvalue weighted by molar-refractivity contribution is 5.31. The molecule has 1 rings (SSSR count). The summed E-state index contributed by atoms with van der Waals surface area (Å²) in [5, 5.41) is 0. The zero-order valence-electron chi connectivity index (χ0n) is 7.76. The molecule has 0 unspecified atom stereocenters. The van der Waals surface area contributed by atoms with E-state index in [1.807, 2.05) is 13.0 Å². The lowest BCUT2D eigenvalue weighted by Crippen LogP contribution is -1.93. The van der Waals surface area contributed by atoms with E-state index in [1.165, 1.54) is 5.57 Å². The summed E-state index contributed by atoms with van der Waals surface area (Å²) in [7, 11) is 3.32. The lowest BCUT2D eigenvalue weighted by molar-refractivity contribution is 0.227. The number of rotatable bonds is 2. The summed E-state index contributed by atoms with van der Waals surface area (Å²) in [5.41, 5.74) is 1.18. The topological polar surface area (TPSA) is 18.5 Å². The highest BCUT2D eigenvalue weighted by atomic mass is 16.5. The van der Waals surface area contributed by atoms with Crippen LogP contribution in [0, 0.1) is 0 Å². The fraction of sp³-hybridized carbons (Fsp3) is 0.400. The Morgan fingerprint density at radius 3 is 2.58 bits per heavy atom. The maximum absolute atomic E-state index is 5.18. The number of methoxy groups -OCH3 is 2. The third-order valence-electron chi connectivity index (χ3n) is 1.78. The first-order chi connectivity index (χ1) is 5.77. The molecule has 0 fully saturated rings. The van der Waals surface area contributed by atoms with Gasteiger partial charge in [0.25, 0.3) is 0 Å². The average Bonchev–Trinajstić information content (AvgIpc) is 2.26. The predicted molar refractivity (Wildman–Crippen MR) is 48.6 cm³/mol. The van der Waals surface area contributed by atoms with Gasteiger partial charge in [0.05, 0.1) is 14.2 Å². The van der Waals surface area contributed by atoms with E-state index in [9.17, 15) is 0 Å². The lowest BCUT2D eigenvalue weighted by Gasteiger charge is -2.07. The molecule has 2 heteroatoms. The molecule has 0 radical (unpaired) electrons. The van der Waals surface area contributed by atoms with E-state index in [4.69, 9.17) is 9.47 Å². The molecule has 0 saturated carbocycles. The van der Waals surface area contributed by atoms with Crippen molar-refractivity contribution in [3.8, 4) is 0 Å². The van der Waals surface area contributed by atoms with E-state index in [-0.39, 0.29) is 0 Å². The van der Waals surface area contributed by atoms with Crippen molar-refractivity contribution in [2.24, 2.45) is 0 Å². The SMILES string of the molecule is COC1=C(OC)CC=CC(C)=C1. The van der Waals surface area contributed by atoms with Crippen molar-refractivity contribution < 1.29 is 9.47 Å². The van der Waals surface area contributed by atoms with Gasteiger partial charge in [-0.2, -0.15) is 0 Å². The van der Waals surface area contributed by atoms with Crippen LogP contribution < -0.4 is 0 Å². The Hall–Kier alpha value is -1.18. The van der Waals surface area contributed by atoms with Gasteiger partial charge in [0, 0.05) is 6.42 Å². The van der Waals surface area contributed by atoms with Crippen LogP contribution in [0.2, 0.25) is 0 Å². The standard InChI is InChI=1S/C10H14O2/c1-8-5-4-6-9(11-2)10(7-8)12-3/h4-5,7H,6H2,1-3H3. The van der Waals surface area contributed by atoms with Crippen molar-refractivity contribution in [1.29, 1.82) is 0 Å². The molecule has 0 aromatic carbocycles. The van der Waals surface area contributed by atoms with Crippen LogP contribution in [0.5, 0.6) is 0 Å². The molecule has 0 spiro atoms. The normalized spacial score (nSPS) is 17.1. The Labute approximate surface area is 73.2 Å². The Balaban J connectivity index is 2.96. The number of hydrogen-bond acceptors (Lipinski definition) is 2. The molecule has 1 aliphatic carbocycles. The van der Waals surface area contributed by atoms with Gasteiger partial charge in [0.2, 0.25) is 0 Å². The minimum Gasteiger partial charge on any atom is -0.497 e. The summed E-state index contributed by atoms with van der Waals surface area (Å²) < 4.78 is 10.4. The largest absolute Gasteiger partial charge is 0.497 e. The van der Waals surface area contributed by atoms with Crippen LogP contribution in [0.3, 0.4) is 0 Å². The third-order valence-corrected chi connectivity index (χ3v) is 1.78. The maximum atomic E-state index is 5.18. The van der Waals surface area contributed by atoms with Gasteiger partial charge < -0.3 is 9.47 Å². The Morgan fingerprint density at radius 2 is 2.00 bits per heavy atom. The molecular formula is C10H14O2. The molecule has 66 valence electrons. The molecule has 1 aliphatic rings. The van der Waals surface area contributed by atoms with Crippen molar-refractivity contribution in [3.05, 3.63) is 35.3 Å². The molecular weight excluding hydrogens is 152 g/mol. The monoisotopic (exact) mass is 166 g/mol. The number of allylic oxidation sites excluding steroid dienone is 4. The molecule has 0 N–H and O–H groups in total. The van der Waals surface area contributed by atoms with Gasteiger partial charge in [-0.05, 0) is 18.6 Å². The Morgan fingerprint density at radius 1 is 1.25 bits per heavy atom. The molecule has 0 heterocycles. The number of hydrogen-bond donors (Lipinski definition) is 0. The van der Waals surface area contributed by atoms with E-state index in [1.54, 1.807) is 14.2 Å². The maximum Gasteiger partial charge on any atom is 0.157 e. The molecule has 0 saturated heterocycles. The van der Waals surface area contributed by atoms with Crippen LogP contribution in [0.15, 0.2) is 35.3 Å². The summed E-state index contributed by atoms with van der Waals surface area (Å²) >= 11 is 0. The first-order valence-electron chi connectivity index (χ1n) is 3.94. The van der Waals surface area contributed by atoms with E-state index in [2.05, 4.69) is 12.2 Å². The molecule has 0 aliphatic heterocycles. The first-order valence-corrected chi connectivity index (χ1v) is 3.94. The summed E-state index contributed by atoms with van der Waals surface area (Å²) in [5.74, 6) is 1.70. The van der Waals surface area contributed by atoms with Crippen molar-refractivity contribution in [3.63, 3.8) is 0 Å². The smallest absolute Gasteiger partial charge is 0.157 e. The van der Waals surface area contributed by atoms with E-state index in [0.29, 0.717) is 0 Å². The third kappa shape index (κ3) is 1.91. The molecule has 0 aromatic rings. The molecule has 0 aromatic heterocycles. The van der Waals surface area contributed by atoms with Gasteiger partial charge in [-0.3, -0.25) is 0 Å². The van der Waals surface area contributed by atoms with Crippen molar-refractivity contribution in [2.75, 3.05) is 14.2 Å². The second-order valence-corrected chi connectivity index (χ2v) is 2.69. The van der Waals surface area contributed by atoms with Crippen molar-refractivity contribution in [1.82, 2.24) is 0 Å². The van der Waals surface area contributed by atoms with E-state index < -0.39 is 0 Å². The van der Waals surface area contributed by atoms with Crippen LogP contribution >= 0.6 is 0 Å². The summed E-state index contributed by atoms with van der Waals surface area (Å²) in [6, 6.07) is 0. The van der Waals surface area contributed by atoms with Crippen LogP contribution in [0.1, 0.15) is 13.3 Å². The second-order valence-electron chi connectivity index (χ2n) is 2.69. The minimum atomic E-state index is 0.799. The Kier molecular flexibility index (Phi) is 2.97. The second kappa shape index (κ2) is 4.00. The molecule has 0 bridgehead atoms. The predicted octanol–water partition coefficient (Wildman–Crippen LogP) is 2.40. The van der Waals surface area contributed by atoms with Gasteiger partial charge in [0.15, 0.2) is 5.76 Å². The molecule has 12 heavy (non-hydrogen) atoms. The van der Waals surface area contributed by atoms with Gasteiger partial charge in [0.1, 0.15) is 5.76 Å². The van der Waals surface area contributed by atoms with Crippen LogP contribution in [0.25, 0.3) is 0 Å². The van der Waals surface area contributed by atoms with Gasteiger partial charge in [-0.15, -0.1) is 0 Å². The fourth-order valence-electron chi connectivity index (χ4n) is 1.14. The summed E-state index contributed by atoms with van der Waals surface area (Å²) in [6.07, 6.45) is 6.90. The average molecular weight is 166 g/mol. The van der Waals surface area contributed by atoms with Crippen molar-refractivity contribution in [2.45, 2.75) is 13.3 Å². The molecule has 0 atom stereocenters. The minimum absolute atomic E-state index is 0.799. The molecule has 0 amide bonds. The highest BCUT2D eigenvalue weighted by Crippen LogP contribution is 2.18. The Bertz CT molecular complexity index is 247. The quantitative estimate of drug-likeness (QED) is 0.627. The van der Waals surface area contributed by atoms with E-state index in [0.717, 1.165) is 17.9 Å². The first kappa shape index (κ1) is 8.91. The van der Waals surface area contributed by atoms with Crippen LogP contribution in [-0.2, 0) is 9.47 Å². The molecule has 2 nitrogen and oxygen atoms in total. The zero-order chi connectivity index (χ0) is 8.97. The van der Waals surface area contributed by atoms with E-state index >= 15 is 0 Å². The summed E-state index contributed by atoms with van der Waals surface area (Å²) in [4.78, 5) is 0. The van der Waals surface area contributed by atoms with Gasteiger partial charge in [-0.25, -0.2) is 0 Å². The van der Waals surface area contributed by atoms with Crippen LogP contribution in [0.4, 0.5) is 0 Å². The number of ether oxygens (including phenoxy) is 2. The van der Waals surface area contributed by atoms with Gasteiger partial charge >= 0.3 is 0 Å². The van der Waals surface area contributed by atoms with Crippen LogP contribution in [-0.4, -0.2) is 14.2 Å². The fourth-order valence-corrected chi connectivity index (χ4v) is 1.14. The van der Waals surface area contributed by atoms with Gasteiger partial charge in [-0.1, -0.05) is 12.2 Å². The lowest BCUT2D eigenvalue weighted by atomic mass is 10.2. The zero-order valence-corrected chi connectivity index (χ0v) is 7.76. The van der Waals surface area contributed by atoms with Crippen molar-refractivity contribution >= 4 is 0 Å². The highest BCUT2D eigenvalue weighted by Gasteiger charge is 2.06.